The summed E-state index contributed by atoms with van der Waals surface area (Å²) in [7, 11) is 1.97. The number of carbonyl (C=O) groups excluding carboxylic acids is 1. The van der Waals surface area contributed by atoms with Crippen molar-refractivity contribution in [3.05, 3.63) is 66.0 Å². The number of aromatic nitrogens is 2. The predicted octanol–water partition coefficient (Wildman–Crippen LogP) is 3.04. The fourth-order valence-corrected chi connectivity index (χ4v) is 2.42. The molecule has 0 aliphatic heterocycles. The molecule has 0 aliphatic rings. The fourth-order valence-electron chi connectivity index (χ4n) is 2.42. The zero-order valence-corrected chi connectivity index (χ0v) is 13.0. The highest BCUT2D eigenvalue weighted by Crippen LogP contribution is 2.14. The van der Waals surface area contributed by atoms with E-state index in [0.717, 1.165) is 28.6 Å². The second-order valence-corrected chi connectivity index (χ2v) is 5.42. The number of nitrogens with zero attached hydrogens (tertiary/aromatic N) is 2. The molecular formula is C18H19N3O2. The molecule has 0 bridgehead atoms. The number of nitrogens with one attached hydrogen (secondary N) is 1. The van der Waals surface area contributed by atoms with Gasteiger partial charge < -0.3 is 14.6 Å². The lowest BCUT2D eigenvalue weighted by Gasteiger charge is -2.07. The summed E-state index contributed by atoms with van der Waals surface area (Å²) in [5.74, 6) is 0. The molecule has 1 aromatic heterocycles. The van der Waals surface area contributed by atoms with E-state index in [1.165, 1.54) is 0 Å². The van der Waals surface area contributed by atoms with Crippen molar-refractivity contribution in [2.45, 2.75) is 13.0 Å². The number of benzene rings is 2. The van der Waals surface area contributed by atoms with Crippen LogP contribution in [-0.4, -0.2) is 22.2 Å². The van der Waals surface area contributed by atoms with Gasteiger partial charge >= 0.3 is 6.09 Å². The van der Waals surface area contributed by atoms with Crippen molar-refractivity contribution in [1.82, 2.24) is 14.9 Å². The fraction of sp³-hybridized carbons (Fsp3) is 0.222. The third kappa shape index (κ3) is 3.88. The van der Waals surface area contributed by atoms with Crippen LogP contribution in [-0.2, 0) is 24.8 Å². The van der Waals surface area contributed by atoms with Gasteiger partial charge in [-0.2, -0.15) is 0 Å². The molecule has 5 heteroatoms. The quantitative estimate of drug-likeness (QED) is 0.788. The van der Waals surface area contributed by atoms with Gasteiger partial charge in [-0.15, -0.1) is 0 Å². The smallest absolute Gasteiger partial charge is 0.407 e. The molecule has 3 aromatic rings. The first kappa shape index (κ1) is 15.1. The Kier molecular flexibility index (Phi) is 4.57. The van der Waals surface area contributed by atoms with Gasteiger partial charge in [-0.1, -0.05) is 36.4 Å². The van der Waals surface area contributed by atoms with Crippen LogP contribution in [0.25, 0.3) is 11.0 Å². The summed E-state index contributed by atoms with van der Waals surface area (Å²) in [5.41, 5.74) is 4.18. The number of imidazole rings is 1. The van der Waals surface area contributed by atoms with Crippen LogP contribution in [0.15, 0.2) is 54.9 Å². The first-order valence-corrected chi connectivity index (χ1v) is 7.57. The topological polar surface area (TPSA) is 56.2 Å². The number of hydrogen-bond donors (Lipinski definition) is 1. The molecule has 1 N–H and O–H groups in total. The Morgan fingerprint density at radius 2 is 2.00 bits per heavy atom. The Morgan fingerprint density at radius 3 is 2.83 bits per heavy atom. The van der Waals surface area contributed by atoms with Crippen LogP contribution < -0.4 is 5.32 Å². The third-order valence-electron chi connectivity index (χ3n) is 3.69. The van der Waals surface area contributed by atoms with Gasteiger partial charge in [0.25, 0.3) is 0 Å². The highest BCUT2D eigenvalue weighted by molar-refractivity contribution is 5.76. The monoisotopic (exact) mass is 309 g/mol. The zero-order chi connectivity index (χ0) is 16.1. The molecule has 1 amide bonds. The SMILES string of the molecule is Cn1cnc2cc(CCNC(=O)OCc3ccccc3)ccc21. The molecule has 5 nitrogen and oxygen atoms in total. The van der Waals surface area contributed by atoms with Gasteiger partial charge in [-0.05, 0) is 29.7 Å². The molecule has 118 valence electrons. The van der Waals surface area contributed by atoms with Crippen molar-refractivity contribution in [3.63, 3.8) is 0 Å². The number of fused-ring (bicyclic) bond motifs is 1. The molecule has 0 saturated heterocycles. The van der Waals surface area contributed by atoms with Crippen LogP contribution in [0.2, 0.25) is 0 Å². The van der Waals surface area contributed by atoms with E-state index >= 15 is 0 Å². The van der Waals surface area contributed by atoms with Crippen LogP contribution in [0.1, 0.15) is 11.1 Å². The lowest BCUT2D eigenvalue weighted by Crippen LogP contribution is -2.26. The second-order valence-electron chi connectivity index (χ2n) is 5.42. The van der Waals surface area contributed by atoms with E-state index in [-0.39, 0.29) is 6.61 Å². The number of rotatable bonds is 5. The van der Waals surface area contributed by atoms with Crippen molar-refractivity contribution >= 4 is 17.1 Å². The normalized spacial score (nSPS) is 10.7. The molecule has 2 aromatic carbocycles. The predicted molar refractivity (Wildman–Crippen MR) is 89.0 cm³/mol. The van der Waals surface area contributed by atoms with Gasteiger partial charge in [0.2, 0.25) is 0 Å². The van der Waals surface area contributed by atoms with Crippen LogP contribution in [0.4, 0.5) is 4.79 Å². The average Bonchev–Trinajstić information content (AvgIpc) is 2.95. The molecule has 0 radical (unpaired) electrons. The maximum atomic E-state index is 11.7. The second kappa shape index (κ2) is 6.96. The number of hydrogen-bond acceptors (Lipinski definition) is 3. The zero-order valence-electron chi connectivity index (χ0n) is 13.0. The first-order chi connectivity index (χ1) is 11.2. The minimum absolute atomic E-state index is 0.284. The average molecular weight is 309 g/mol. The maximum Gasteiger partial charge on any atom is 0.407 e. The van der Waals surface area contributed by atoms with E-state index < -0.39 is 6.09 Å². The van der Waals surface area contributed by atoms with Gasteiger partial charge in [0.1, 0.15) is 6.61 Å². The van der Waals surface area contributed by atoms with Gasteiger partial charge in [0.05, 0.1) is 17.4 Å². The van der Waals surface area contributed by atoms with Crippen LogP contribution in [0.3, 0.4) is 0 Å². The van der Waals surface area contributed by atoms with E-state index in [1.54, 1.807) is 6.33 Å². The van der Waals surface area contributed by atoms with Crippen molar-refractivity contribution in [3.8, 4) is 0 Å². The number of ether oxygens (including phenoxy) is 1. The number of carbonyl (C=O) groups is 1. The molecule has 3 rings (SSSR count). The van der Waals surface area contributed by atoms with Gasteiger partial charge in [-0.3, -0.25) is 0 Å². The lowest BCUT2D eigenvalue weighted by atomic mass is 10.1. The molecule has 0 fully saturated rings. The Labute approximate surface area is 134 Å². The molecular weight excluding hydrogens is 290 g/mol. The third-order valence-corrected chi connectivity index (χ3v) is 3.69. The molecule has 0 atom stereocenters. The summed E-state index contributed by atoms with van der Waals surface area (Å²) in [6.45, 7) is 0.818. The Balaban J connectivity index is 1.45. The molecule has 1 heterocycles. The van der Waals surface area contributed by atoms with E-state index in [1.807, 2.05) is 54.1 Å². The summed E-state index contributed by atoms with van der Waals surface area (Å²) in [6.07, 6.45) is 2.15. The van der Waals surface area contributed by atoms with E-state index in [4.69, 9.17) is 4.74 Å². The summed E-state index contributed by atoms with van der Waals surface area (Å²) in [6, 6.07) is 15.8. The Hall–Kier alpha value is -2.82. The van der Waals surface area contributed by atoms with Crippen LogP contribution in [0, 0.1) is 0 Å². The van der Waals surface area contributed by atoms with Gasteiger partial charge in [0.15, 0.2) is 0 Å². The summed E-state index contributed by atoms with van der Waals surface area (Å²) in [5, 5.41) is 2.77. The summed E-state index contributed by atoms with van der Waals surface area (Å²) < 4.78 is 7.16. The highest BCUT2D eigenvalue weighted by Gasteiger charge is 2.04. The number of aryl methyl sites for hydroxylation is 1. The molecule has 0 spiro atoms. The molecule has 23 heavy (non-hydrogen) atoms. The van der Waals surface area contributed by atoms with E-state index in [0.29, 0.717) is 6.54 Å². The molecule has 0 saturated carbocycles. The molecule has 0 unspecified atom stereocenters. The lowest BCUT2D eigenvalue weighted by molar-refractivity contribution is 0.140. The number of amides is 1. The van der Waals surface area contributed by atoms with Crippen LogP contribution in [0.5, 0.6) is 0 Å². The molecule has 0 aliphatic carbocycles. The first-order valence-electron chi connectivity index (χ1n) is 7.57. The minimum Gasteiger partial charge on any atom is -0.445 e. The van der Waals surface area contributed by atoms with Crippen molar-refractivity contribution < 1.29 is 9.53 Å². The Morgan fingerprint density at radius 1 is 1.17 bits per heavy atom. The van der Waals surface area contributed by atoms with E-state index in [2.05, 4.69) is 16.4 Å². The largest absolute Gasteiger partial charge is 0.445 e. The van der Waals surface area contributed by atoms with Crippen molar-refractivity contribution in [1.29, 1.82) is 0 Å². The number of alkyl carbamates (subject to hydrolysis) is 1. The standard InChI is InChI=1S/C18H19N3O2/c1-21-13-20-16-11-14(7-8-17(16)21)9-10-19-18(22)23-12-15-5-3-2-4-6-15/h2-8,11,13H,9-10,12H2,1H3,(H,19,22). The maximum absolute atomic E-state index is 11.7. The van der Waals surface area contributed by atoms with Gasteiger partial charge in [0, 0.05) is 13.6 Å². The summed E-state index contributed by atoms with van der Waals surface area (Å²) in [4.78, 5) is 16.0. The highest BCUT2D eigenvalue weighted by atomic mass is 16.5. The van der Waals surface area contributed by atoms with E-state index in [9.17, 15) is 4.79 Å². The van der Waals surface area contributed by atoms with Crippen molar-refractivity contribution in [2.75, 3.05) is 6.54 Å². The van der Waals surface area contributed by atoms with Crippen LogP contribution >= 0.6 is 0 Å². The van der Waals surface area contributed by atoms with Gasteiger partial charge in [-0.25, -0.2) is 9.78 Å². The summed E-state index contributed by atoms with van der Waals surface area (Å²) >= 11 is 0. The minimum atomic E-state index is -0.396. The Bertz CT molecular complexity index is 796. The van der Waals surface area contributed by atoms with Crippen molar-refractivity contribution in [2.24, 2.45) is 7.05 Å².